The molecule has 1 aliphatic rings. The molecule has 4 aromatic carbocycles. The Bertz CT molecular complexity index is 1150. The van der Waals surface area contributed by atoms with Crippen LogP contribution in [0.25, 0.3) is 0 Å². The summed E-state index contributed by atoms with van der Waals surface area (Å²) in [6.07, 6.45) is 0. The second-order valence-corrected chi connectivity index (χ2v) is 8.05. The lowest BCUT2D eigenvalue weighted by molar-refractivity contribution is 0.0585. The lowest BCUT2D eigenvalue weighted by Crippen LogP contribution is -2.39. The largest absolute Gasteiger partial charge is 0.454 e. The fourth-order valence-electron chi connectivity index (χ4n) is 4.22. The van der Waals surface area contributed by atoms with Gasteiger partial charge in [0.2, 0.25) is 6.79 Å². The SMILES string of the molecule is Cc1ccc(NC(c2ccc3c(c2)OCO3)C(O)(c2ccccc2)c2ccccc2)cc1. The molecular formula is C28H25NO3. The Morgan fingerprint density at radius 2 is 1.34 bits per heavy atom. The number of hydrogen-bond donors (Lipinski definition) is 2. The highest BCUT2D eigenvalue weighted by Gasteiger charge is 2.42. The van der Waals surface area contributed by atoms with E-state index in [1.165, 1.54) is 5.56 Å². The number of nitrogens with one attached hydrogen (secondary N) is 1. The maximum Gasteiger partial charge on any atom is 0.231 e. The van der Waals surface area contributed by atoms with Crippen LogP contribution in [0.5, 0.6) is 11.5 Å². The van der Waals surface area contributed by atoms with Gasteiger partial charge in [0.1, 0.15) is 5.60 Å². The molecule has 2 N–H and O–H groups in total. The van der Waals surface area contributed by atoms with E-state index in [9.17, 15) is 5.11 Å². The average molecular weight is 424 g/mol. The molecule has 0 amide bonds. The van der Waals surface area contributed by atoms with Crippen molar-refractivity contribution in [3.63, 3.8) is 0 Å². The van der Waals surface area contributed by atoms with E-state index in [4.69, 9.17) is 9.47 Å². The van der Waals surface area contributed by atoms with E-state index < -0.39 is 11.6 Å². The van der Waals surface area contributed by atoms with Crippen LogP contribution in [0.15, 0.2) is 103 Å². The van der Waals surface area contributed by atoms with Gasteiger partial charge in [0.25, 0.3) is 0 Å². The summed E-state index contributed by atoms with van der Waals surface area (Å²) in [5, 5.41) is 16.1. The van der Waals surface area contributed by atoms with E-state index >= 15 is 0 Å². The van der Waals surface area contributed by atoms with Crippen LogP contribution in [0, 0.1) is 6.92 Å². The Kier molecular flexibility index (Phi) is 5.29. The molecule has 32 heavy (non-hydrogen) atoms. The van der Waals surface area contributed by atoms with Gasteiger partial charge in [0.05, 0.1) is 6.04 Å². The van der Waals surface area contributed by atoms with Crippen molar-refractivity contribution in [2.45, 2.75) is 18.6 Å². The van der Waals surface area contributed by atoms with Crippen molar-refractivity contribution in [3.05, 3.63) is 125 Å². The highest BCUT2D eigenvalue weighted by Crippen LogP contribution is 2.45. The number of hydrogen-bond acceptors (Lipinski definition) is 4. The van der Waals surface area contributed by atoms with Crippen molar-refractivity contribution in [2.24, 2.45) is 0 Å². The number of benzene rings is 4. The zero-order valence-electron chi connectivity index (χ0n) is 17.9. The quantitative estimate of drug-likeness (QED) is 0.411. The lowest BCUT2D eigenvalue weighted by atomic mass is 9.77. The van der Waals surface area contributed by atoms with Gasteiger partial charge in [0, 0.05) is 5.69 Å². The molecule has 0 radical (unpaired) electrons. The molecule has 0 spiro atoms. The van der Waals surface area contributed by atoms with Gasteiger partial charge in [-0.15, -0.1) is 0 Å². The Hall–Kier alpha value is -3.76. The molecule has 0 saturated heterocycles. The number of fused-ring (bicyclic) bond motifs is 1. The fourth-order valence-corrected chi connectivity index (χ4v) is 4.22. The summed E-state index contributed by atoms with van der Waals surface area (Å²) in [5.74, 6) is 1.40. The molecule has 5 rings (SSSR count). The molecule has 4 nitrogen and oxygen atoms in total. The molecule has 0 aliphatic carbocycles. The number of aliphatic hydroxyl groups is 1. The molecule has 1 aliphatic heterocycles. The zero-order valence-corrected chi connectivity index (χ0v) is 17.9. The lowest BCUT2D eigenvalue weighted by Gasteiger charge is -2.39. The molecule has 4 heteroatoms. The van der Waals surface area contributed by atoms with Gasteiger partial charge < -0.3 is 19.9 Å². The molecule has 1 atom stereocenters. The van der Waals surface area contributed by atoms with E-state index in [0.717, 1.165) is 22.4 Å². The van der Waals surface area contributed by atoms with Gasteiger partial charge in [-0.1, -0.05) is 84.4 Å². The first kappa shape index (κ1) is 20.2. The van der Waals surface area contributed by atoms with E-state index in [1.807, 2.05) is 91.0 Å². The third kappa shape index (κ3) is 3.70. The van der Waals surface area contributed by atoms with Gasteiger partial charge in [-0.05, 0) is 47.9 Å². The highest BCUT2D eigenvalue weighted by atomic mass is 16.7. The second kappa shape index (κ2) is 8.40. The molecular weight excluding hydrogens is 398 g/mol. The molecule has 1 unspecified atom stereocenters. The Morgan fingerprint density at radius 1 is 0.750 bits per heavy atom. The Morgan fingerprint density at radius 3 is 1.97 bits per heavy atom. The molecule has 0 fully saturated rings. The number of ether oxygens (including phenoxy) is 2. The van der Waals surface area contributed by atoms with Crippen LogP contribution in [-0.2, 0) is 5.60 Å². The normalized spacial score (nSPS) is 13.6. The third-order valence-electron chi connectivity index (χ3n) is 5.94. The van der Waals surface area contributed by atoms with Crippen LogP contribution >= 0.6 is 0 Å². The summed E-state index contributed by atoms with van der Waals surface area (Å²) < 4.78 is 11.2. The standard InChI is InChI=1S/C28H25NO3/c1-20-12-15-24(16-13-20)29-27(21-14-17-25-26(18-21)32-19-31-25)28(30,22-8-4-2-5-9-22)23-10-6-3-7-11-23/h2-18,27,29-30H,19H2,1H3. The van der Waals surface area contributed by atoms with E-state index in [0.29, 0.717) is 11.5 Å². The second-order valence-electron chi connectivity index (χ2n) is 8.05. The monoisotopic (exact) mass is 423 g/mol. The summed E-state index contributed by atoms with van der Waals surface area (Å²) in [4.78, 5) is 0. The van der Waals surface area contributed by atoms with Crippen molar-refractivity contribution < 1.29 is 14.6 Å². The van der Waals surface area contributed by atoms with Crippen LogP contribution in [0.4, 0.5) is 5.69 Å². The van der Waals surface area contributed by atoms with Gasteiger partial charge in [-0.3, -0.25) is 0 Å². The van der Waals surface area contributed by atoms with Crippen LogP contribution in [0.3, 0.4) is 0 Å². The maximum absolute atomic E-state index is 12.5. The first-order valence-corrected chi connectivity index (χ1v) is 10.7. The number of rotatable bonds is 6. The predicted octanol–water partition coefficient (Wildman–Crippen LogP) is 5.81. The highest BCUT2D eigenvalue weighted by molar-refractivity contribution is 5.54. The van der Waals surface area contributed by atoms with Crippen molar-refractivity contribution in [3.8, 4) is 11.5 Å². The van der Waals surface area contributed by atoms with Crippen molar-refractivity contribution >= 4 is 5.69 Å². The van der Waals surface area contributed by atoms with Gasteiger partial charge in [-0.25, -0.2) is 0 Å². The van der Waals surface area contributed by atoms with Crippen molar-refractivity contribution in [1.29, 1.82) is 0 Å². The van der Waals surface area contributed by atoms with Crippen LogP contribution in [0.1, 0.15) is 28.3 Å². The maximum atomic E-state index is 12.5. The van der Waals surface area contributed by atoms with Crippen LogP contribution in [-0.4, -0.2) is 11.9 Å². The van der Waals surface area contributed by atoms with Crippen molar-refractivity contribution in [2.75, 3.05) is 12.1 Å². The number of aryl methyl sites for hydroxylation is 1. The smallest absolute Gasteiger partial charge is 0.231 e. The minimum absolute atomic E-state index is 0.205. The number of anilines is 1. The van der Waals surface area contributed by atoms with Crippen LogP contribution < -0.4 is 14.8 Å². The summed E-state index contributed by atoms with van der Waals surface area (Å²) in [6, 6.07) is 33.1. The molecule has 0 bridgehead atoms. The molecule has 0 aromatic heterocycles. The van der Waals surface area contributed by atoms with Crippen molar-refractivity contribution in [1.82, 2.24) is 0 Å². The summed E-state index contributed by atoms with van der Waals surface area (Å²) in [5.41, 5.74) is 3.24. The van der Waals surface area contributed by atoms with E-state index in [1.54, 1.807) is 0 Å². The van der Waals surface area contributed by atoms with Crippen LogP contribution in [0.2, 0.25) is 0 Å². The first-order chi connectivity index (χ1) is 15.6. The van der Waals surface area contributed by atoms with Gasteiger partial charge in [-0.2, -0.15) is 0 Å². The minimum Gasteiger partial charge on any atom is -0.454 e. The zero-order chi connectivity index (χ0) is 22.0. The summed E-state index contributed by atoms with van der Waals surface area (Å²) in [7, 11) is 0. The topological polar surface area (TPSA) is 50.7 Å². The average Bonchev–Trinajstić information content (AvgIpc) is 3.32. The Balaban J connectivity index is 1.69. The molecule has 160 valence electrons. The molecule has 4 aromatic rings. The van der Waals surface area contributed by atoms with Gasteiger partial charge >= 0.3 is 0 Å². The minimum atomic E-state index is -1.35. The fraction of sp³-hybridized carbons (Fsp3) is 0.143. The first-order valence-electron chi connectivity index (χ1n) is 10.7. The van der Waals surface area contributed by atoms with E-state index in [-0.39, 0.29) is 6.79 Å². The third-order valence-corrected chi connectivity index (χ3v) is 5.94. The summed E-state index contributed by atoms with van der Waals surface area (Å²) >= 11 is 0. The molecule has 1 heterocycles. The van der Waals surface area contributed by atoms with Gasteiger partial charge in [0.15, 0.2) is 11.5 Å². The molecule has 0 saturated carbocycles. The Labute approximate surface area is 188 Å². The summed E-state index contributed by atoms with van der Waals surface area (Å²) in [6.45, 7) is 2.26. The predicted molar refractivity (Wildman–Crippen MR) is 126 cm³/mol. The van der Waals surface area contributed by atoms with E-state index in [2.05, 4.69) is 24.4 Å².